The van der Waals surface area contributed by atoms with Crippen LogP contribution in [0.2, 0.25) is 0 Å². The molecule has 1 aromatic carbocycles. The first-order valence-electron chi connectivity index (χ1n) is 6.27. The number of ether oxygens (including phenoxy) is 2. The zero-order chi connectivity index (χ0) is 14.4. The van der Waals surface area contributed by atoms with Crippen molar-refractivity contribution in [3.05, 3.63) is 29.3 Å². The molecule has 0 saturated heterocycles. The third kappa shape index (κ3) is 4.09. The summed E-state index contributed by atoms with van der Waals surface area (Å²) in [5, 5.41) is 0. The molecule has 0 aliphatic rings. The Morgan fingerprint density at radius 2 is 1.84 bits per heavy atom. The second-order valence-corrected chi connectivity index (χ2v) is 4.61. The quantitative estimate of drug-likeness (QED) is 0.585. The molecule has 0 aliphatic carbocycles. The molecule has 0 aromatic heterocycles. The molecule has 104 valence electrons. The third-order valence-corrected chi connectivity index (χ3v) is 2.96. The number of hydrogen-bond donors (Lipinski definition) is 0. The number of hydrogen-bond acceptors (Lipinski definition) is 4. The second-order valence-electron chi connectivity index (χ2n) is 4.61. The Labute approximate surface area is 113 Å². The van der Waals surface area contributed by atoms with E-state index < -0.39 is 0 Å². The molecular weight excluding hydrogens is 244 g/mol. The van der Waals surface area contributed by atoms with Crippen molar-refractivity contribution in [2.75, 3.05) is 14.2 Å². The maximum Gasteiger partial charge on any atom is 0.305 e. The third-order valence-electron chi connectivity index (χ3n) is 2.96. The number of methoxy groups -OCH3 is 2. The van der Waals surface area contributed by atoms with Gasteiger partial charge >= 0.3 is 5.97 Å². The predicted molar refractivity (Wildman–Crippen MR) is 72.7 cm³/mol. The lowest BCUT2D eigenvalue weighted by Gasteiger charge is -2.13. The summed E-state index contributed by atoms with van der Waals surface area (Å²) >= 11 is 0. The molecule has 0 fully saturated rings. The van der Waals surface area contributed by atoms with Crippen molar-refractivity contribution >= 4 is 11.8 Å². The number of rotatable bonds is 6. The van der Waals surface area contributed by atoms with Gasteiger partial charge in [0.05, 0.1) is 20.6 Å². The van der Waals surface area contributed by atoms with Gasteiger partial charge in [0.25, 0.3) is 0 Å². The molecule has 0 N–H and O–H groups in total. The Morgan fingerprint density at radius 1 is 1.16 bits per heavy atom. The average molecular weight is 264 g/mol. The van der Waals surface area contributed by atoms with Crippen molar-refractivity contribution in [1.29, 1.82) is 0 Å². The van der Waals surface area contributed by atoms with Gasteiger partial charge in [0.15, 0.2) is 5.78 Å². The van der Waals surface area contributed by atoms with Crippen LogP contribution in [0.15, 0.2) is 18.2 Å². The van der Waals surface area contributed by atoms with Gasteiger partial charge in [0.1, 0.15) is 5.75 Å². The van der Waals surface area contributed by atoms with E-state index in [2.05, 4.69) is 4.74 Å². The number of ketones is 1. The van der Waals surface area contributed by atoms with Crippen LogP contribution in [0, 0.1) is 0 Å². The average Bonchev–Trinajstić information content (AvgIpc) is 2.43. The van der Waals surface area contributed by atoms with Crippen molar-refractivity contribution in [2.45, 2.75) is 32.6 Å². The summed E-state index contributed by atoms with van der Waals surface area (Å²) in [7, 11) is 2.93. The van der Waals surface area contributed by atoms with E-state index in [4.69, 9.17) is 4.74 Å². The molecule has 0 spiro atoms. The molecule has 0 unspecified atom stereocenters. The fourth-order valence-corrected chi connectivity index (χ4v) is 1.82. The largest absolute Gasteiger partial charge is 0.496 e. The first kappa shape index (κ1) is 15.2. The Hall–Kier alpha value is -1.84. The van der Waals surface area contributed by atoms with Crippen LogP contribution >= 0.6 is 0 Å². The van der Waals surface area contributed by atoms with Crippen LogP contribution < -0.4 is 4.74 Å². The van der Waals surface area contributed by atoms with E-state index in [1.54, 1.807) is 19.2 Å². The Bertz CT molecular complexity index is 463. The molecule has 0 saturated carbocycles. The first-order valence-corrected chi connectivity index (χ1v) is 6.27. The molecule has 1 rings (SSSR count). The van der Waals surface area contributed by atoms with Crippen molar-refractivity contribution in [1.82, 2.24) is 0 Å². The van der Waals surface area contributed by atoms with Crippen molar-refractivity contribution in [2.24, 2.45) is 0 Å². The lowest BCUT2D eigenvalue weighted by Crippen LogP contribution is -2.07. The van der Waals surface area contributed by atoms with E-state index in [1.807, 2.05) is 19.9 Å². The van der Waals surface area contributed by atoms with Gasteiger partial charge in [-0.25, -0.2) is 0 Å². The molecule has 19 heavy (non-hydrogen) atoms. The molecular formula is C15H20O4. The molecule has 0 bridgehead atoms. The normalized spacial score (nSPS) is 10.4. The predicted octanol–water partition coefficient (Wildman–Crippen LogP) is 2.95. The fraction of sp³-hybridized carbons (Fsp3) is 0.467. The first-order chi connectivity index (χ1) is 8.99. The SMILES string of the molecule is COC(=O)CCC(=O)c1ccc(OC)c(C(C)C)c1. The smallest absolute Gasteiger partial charge is 0.305 e. The zero-order valence-corrected chi connectivity index (χ0v) is 11.9. The minimum Gasteiger partial charge on any atom is -0.496 e. The maximum absolute atomic E-state index is 12.0. The summed E-state index contributed by atoms with van der Waals surface area (Å²) in [4.78, 5) is 23.0. The van der Waals surface area contributed by atoms with E-state index in [9.17, 15) is 9.59 Å². The molecule has 0 aliphatic heterocycles. The highest BCUT2D eigenvalue weighted by Crippen LogP contribution is 2.27. The lowest BCUT2D eigenvalue weighted by atomic mass is 9.97. The highest BCUT2D eigenvalue weighted by molar-refractivity contribution is 5.97. The summed E-state index contributed by atoms with van der Waals surface area (Å²) < 4.78 is 9.80. The van der Waals surface area contributed by atoms with Gasteiger partial charge in [0.2, 0.25) is 0 Å². The van der Waals surface area contributed by atoms with E-state index in [0.29, 0.717) is 5.56 Å². The van der Waals surface area contributed by atoms with Crippen LogP contribution in [0.5, 0.6) is 5.75 Å². The van der Waals surface area contributed by atoms with Crippen LogP contribution in [0.1, 0.15) is 48.5 Å². The van der Waals surface area contributed by atoms with Crippen molar-refractivity contribution in [3.63, 3.8) is 0 Å². The lowest BCUT2D eigenvalue weighted by molar-refractivity contribution is -0.140. The van der Waals surface area contributed by atoms with Gasteiger partial charge in [-0.2, -0.15) is 0 Å². The highest BCUT2D eigenvalue weighted by atomic mass is 16.5. The van der Waals surface area contributed by atoms with E-state index in [0.717, 1.165) is 11.3 Å². The number of esters is 1. The summed E-state index contributed by atoms with van der Waals surface area (Å²) in [6, 6.07) is 5.36. The molecule has 4 nitrogen and oxygen atoms in total. The van der Waals surface area contributed by atoms with Gasteiger partial charge in [-0.1, -0.05) is 13.8 Å². The van der Waals surface area contributed by atoms with Crippen LogP contribution in [-0.4, -0.2) is 26.0 Å². The minimum atomic E-state index is -0.369. The van der Waals surface area contributed by atoms with Gasteiger partial charge in [-0.05, 0) is 29.7 Å². The van der Waals surface area contributed by atoms with Crippen molar-refractivity contribution in [3.8, 4) is 5.75 Å². The number of benzene rings is 1. The maximum atomic E-state index is 12.0. The molecule has 0 amide bonds. The summed E-state index contributed by atoms with van der Waals surface area (Å²) in [5.41, 5.74) is 1.60. The summed E-state index contributed by atoms with van der Waals surface area (Å²) in [6.07, 6.45) is 0.273. The number of carbonyl (C=O) groups is 2. The zero-order valence-electron chi connectivity index (χ0n) is 11.9. The van der Waals surface area contributed by atoms with Crippen LogP contribution in [0.3, 0.4) is 0 Å². The van der Waals surface area contributed by atoms with Gasteiger partial charge in [0, 0.05) is 12.0 Å². The summed E-state index contributed by atoms with van der Waals surface area (Å²) in [6.45, 7) is 4.08. The fourth-order valence-electron chi connectivity index (χ4n) is 1.82. The van der Waals surface area contributed by atoms with E-state index in [1.165, 1.54) is 7.11 Å². The monoisotopic (exact) mass is 264 g/mol. The Balaban J connectivity index is 2.86. The molecule has 1 aromatic rings. The minimum absolute atomic E-state index is 0.0602. The van der Waals surface area contributed by atoms with E-state index in [-0.39, 0.29) is 30.5 Å². The topological polar surface area (TPSA) is 52.6 Å². The Kier molecular flexibility index (Phi) is 5.55. The molecule has 4 heteroatoms. The Morgan fingerprint density at radius 3 is 2.37 bits per heavy atom. The van der Waals surface area contributed by atoms with Gasteiger partial charge < -0.3 is 9.47 Å². The van der Waals surface area contributed by atoms with Crippen molar-refractivity contribution < 1.29 is 19.1 Å². The molecule has 0 radical (unpaired) electrons. The molecule has 0 atom stereocenters. The van der Waals surface area contributed by atoms with E-state index >= 15 is 0 Å². The van der Waals surface area contributed by atoms with Gasteiger partial charge in [-0.3, -0.25) is 9.59 Å². The highest BCUT2D eigenvalue weighted by Gasteiger charge is 2.13. The van der Waals surface area contributed by atoms with Crippen LogP contribution in [0.4, 0.5) is 0 Å². The summed E-state index contributed by atoms with van der Waals surface area (Å²) in [5.74, 6) is 0.615. The number of Topliss-reactive ketones (excluding diaryl/α,β-unsaturated/α-hetero) is 1. The van der Waals surface area contributed by atoms with Gasteiger partial charge in [-0.15, -0.1) is 0 Å². The van der Waals surface area contributed by atoms with Crippen LogP contribution in [0.25, 0.3) is 0 Å². The number of carbonyl (C=O) groups excluding carboxylic acids is 2. The molecule has 0 heterocycles. The second kappa shape index (κ2) is 6.92. The standard InChI is InChI=1S/C15H20O4/c1-10(2)12-9-11(5-7-14(12)18-3)13(16)6-8-15(17)19-4/h5,7,9-10H,6,8H2,1-4H3. The van der Waals surface area contributed by atoms with Crippen LogP contribution in [-0.2, 0) is 9.53 Å².